The lowest BCUT2D eigenvalue weighted by atomic mass is 10.0. The average Bonchev–Trinajstić information content (AvgIpc) is 2.71. The zero-order valence-corrected chi connectivity index (χ0v) is 16.6. The van der Waals surface area contributed by atoms with Crippen molar-refractivity contribution in [1.82, 2.24) is 0 Å². The standard InChI is InChI=1S/C25H27F3/c1-3-5-7-8-19-10-12-20(13-11-19)14-15-21-16-17-22(18-24(21)27)25(28)23(26)9-6-4-2/h10-13,16-18H,3-9H2,1-2H3/b25-23+. The molecule has 0 atom stereocenters. The van der Waals surface area contributed by atoms with Gasteiger partial charge >= 0.3 is 0 Å². The van der Waals surface area contributed by atoms with Crippen molar-refractivity contribution < 1.29 is 13.2 Å². The minimum atomic E-state index is -0.995. The van der Waals surface area contributed by atoms with Crippen LogP contribution in [0, 0.1) is 17.7 Å². The van der Waals surface area contributed by atoms with E-state index >= 15 is 0 Å². The van der Waals surface area contributed by atoms with Gasteiger partial charge in [0.1, 0.15) is 11.6 Å². The summed E-state index contributed by atoms with van der Waals surface area (Å²) in [5.74, 6) is 3.22. The van der Waals surface area contributed by atoms with Gasteiger partial charge < -0.3 is 0 Å². The van der Waals surface area contributed by atoms with Crippen molar-refractivity contribution >= 4 is 5.83 Å². The van der Waals surface area contributed by atoms with E-state index in [1.807, 2.05) is 31.2 Å². The van der Waals surface area contributed by atoms with Gasteiger partial charge in [0.15, 0.2) is 5.83 Å². The first-order valence-corrected chi connectivity index (χ1v) is 10.00. The first-order valence-electron chi connectivity index (χ1n) is 10.00. The maximum Gasteiger partial charge on any atom is 0.161 e. The van der Waals surface area contributed by atoms with Crippen LogP contribution in [0.1, 0.15) is 74.6 Å². The highest BCUT2D eigenvalue weighted by Gasteiger charge is 2.11. The summed E-state index contributed by atoms with van der Waals surface area (Å²) in [7, 11) is 0. The highest BCUT2D eigenvalue weighted by Crippen LogP contribution is 2.26. The number of unbranched alkanes of at least 4 members (excludes halogenated alkanes) is 3. The zero-order valence-electron chi connectivity index (χ0n) is 16.6. The number of rotatable bonds is 8. The van der Waals surface area contributed by atoms with Crippen LogP contribution in [-0.4, -0.2) is 0 Å². The molecule has 0 aliphatic heterocycles. The molecule has 2 rings (SSSR count). The van der Waals surface area contributed by atoms with E-state index in [4.69, 9.17) is 0 Å². The van der Waals surface area contributed by atoms with Crippen LogP contribution in [0.25, 0.3) is 5.83 Å². The highest BCUT2D eigenvalue weighted by molar-refractivity contribution is 5.62. The van der Waals surface area contributed by atoms with Crippen LogP contribution in [0.15, 0.2) is 48.3 Å². The summed E-state index contributed by atoms with van der Waals surface area (Å²) in [4.78, 5) is 0. The van der Waals surface area contributed by atoms with Crippen LogP contribution in [0.4, 0.5) is 13.2 Å². The van der Waals surface area contributed by atoms with E-state index in [0.29, 0.717) is 6.42 Å². The van der Waals surface area contributed by atoms with Crippen molar-refractivity contribution in [3.63, 3.8) is 0 Å². The fourth-order valence-electron chi connectivity index (χ4n) is 2.82. The molecule has 0 N–H and O–H groups in total. The molecule has 0 spiro atoms. The van der Waals surface area contributed by atoms with Gasteiger partial charge in [-0.1, -0.05) is 63.1 Å². The van der Waals surface area contributed by atoms with Crippen LogP contribution in [0.3, 0.4) is 0 Å². The third-order valence-electron chi connectivity index (χ3n) is 4.57. The molecule has 148 valence electrons. The number of halogens is 3. The Morgan fingerprint density at radius 2 is 1.57 bits per heavy atom. The summed E-state index contributed by atoms with van der Waals surface area (Å²) in [5.41, 5.74) is 2.13. The maximum atomic E-state index is 14.3. The molecule has 0 heterocycles. The lowest BCUT2D eigenvalue weighted by molar-refractivity contribution is 0.548. The third kappa shape index (κ3) is 6.60. The summed E-state index contributed by atoms with van der Waals surface area (Å²) in [6.45, 7) is 4.08. The van der Waals surface area contributed by atoms with Crippen molar-refractivity contribution in [2.75, 3.05) is 0 Å². The Kier molecular flexibility index (Phi) is 8.88. The van der Waals surface area contributed by atoms with E-state index in [1.54, 1.807) is 0 Å². The van der Waals surface area contributed by atoms with Crippen molar-refractivity contribution in [3.05, 3.63) is 76.4 Å². The minimum absolute atomic E-state index is 0.0277. The first kappa shape index (κ1) is 21.8. The van der Waals surface area contributed by atoms with Gasteiger partial charge in [-0.05, 0) is 49.1 Å². The molecule has 0 bridgehead atoms. The Morgan fingerprint density at radius 1 is 0.857 bits per heavy atom. The summed E-state index contributed by atoms with van der Waals surface area (Å²) < 4.78 is 42.1. The van der Waals surface area contributed by atoms with Gasteiger partial charge in [-0.15, -0.1) is 0 Å². The van der Waals surface area contributed by atoms with Crippen molar-refractivity contribution in [2.24, 2.45) is 0 Å². The van der Waals surface area contributed by atoms with E-state index in [2.05, 4.69) is 18.8 Å². The Morgan fingerprint density at radius 3 is 2.21 bits per heavy atom. The van der Waals surface area contributed by atoms with Gasteiger partial charge in [0.2, 0.25) is 0 Å². The van der Waals surface area contributed by atoms with Gasteiger partial charge in [0.25, 0.3) is 0 Å². The quantitative estimate of drug-likeness (QED) is 0.322. The lowest BCUT2D eigenvalue weighted by Crippen LogP contribution is -1.90. The molecule has 0 aliphatic rings. The molecule has 0 amide bonds. The van der Waals surface area contributed by atoms with Gasteiger partial charge in [0, 0.05) is 17.5 Å². The molecular weight excluding hydrogens is 357 g/mol. The van der Waals surface area contributed by atoms with Crippen LogP contribution >= 0.6 is 0 Å². The molecule has 0 aliphatic carbocycles. The molecule has 3 heteroatoms. The van der Waals surface area contributed by atoms with E-state index in [0.717, 1.165) is 24.5 Å². The molecule has 0 saturated heterocycles. The van der Waals surface area contributed by atoms with Gasteiger partial charge in [0.05, 0.1) is 5.56 Å². The summed E-state index contributed by atoms with van der Waals surface area (Å²) in [6.07, 6.45) is 5.98. The predicted molar refractivity (Wildman–Crippen MR) is 111 cm³/mol. The van der Waals surface area contributed by atoms with Crippen LogP contribution in [-0.2, 0) is 6.42 Å². The fraction of sp³-hybridized carbons (Fsp3) is 0.360. The fourth-order valence-corrected chi connectivity index (χ4v) is 2.82. The molecule has 0 saturated carbocycles. The zero-order chi connectivity index (χ0) is 20.4. The number of hydrogen-bond acceptors (Lipinski definition) is 0. The second-order valence-electron chi connectivity index (χ2n) is 6.92. The number of hydrogen-bond donors (Lipinski definition) is 0. The first-order chi connectivity index (χ1) is 13.5. The van der Waals surface area contributed by atoms with Crippen LogP contribution < -0.4 is 0 Å². The van der Waals surface area contributed by atoms with E-state index in [9.17, 15) is 13.2 Å². The third-order valence-corrected chi connectivity index (χ3v) is 4.57. The maximum absolute atomic E-state index is 14.3. The molecule has 0 radical (unpaired) electrons. The molecular formula is C25H27F3. The molecule has 28 heavy (non-hydrogen) atoms. The number of allylic oxidation sites excluding steroid dienone is 1. The van der Waals surface area contributed by atoms with E-state index in [1.165, 1.54) is 37.0 Å². The molecule has 0 nitrogen and oxygen atoms in total. The second-order valence-corrected chi connectivity index (χ2v) is 6.92. The molecule has 2 aromatic carbocycles. The average molecular weight is 384 g/mol. The van der Waals surface area contributed by atoms with Crippen LogP contribution in [0.2, 0.25) is 0 Å². The van der Waals surface area contributed by atoms with Crippen molar-refractivity contribution in [3.8, 4) is 11.8 Å². The highest BCUT2D eigenvalue weighted by atomic mass is 19.2. The normalized spacial score (nSPS) is 11.6. The van der Waals surface area contributed by atoms with E-state index < -0.39 is 17.5 Å². The monoisotopic (exact) mass is 384 g/mol. The largest absolute Gasteiger partial charge is 0.209 e. The Bertz CT molecular complexity index is 852. The topological polar surface area (TPSA) is 0 Å². The molecule has 0 fully saturated rings. The number of benzene rings is 2. The summed E-state index contributed by atoms with van der Waals surface area (Å²) >= 11 is 0. The Hall–Kier alpha value is -2.47. The van der Waals surface area contributed by atoms with Gasteiger partial charge in [-0.25, -0.2) is 13.2 Å². The van der Waals surface area contributed by atoms with Gasteiger partial charge in [-0.2, -0.15) is 0 Å². The molecule has 0 unspecified atom stereocenters. The van der Waals surface area contributed by atoms with E-state index in [-0.39, 0.29) is 17.5 Å². The Balaban J connectivity index is 2.10. The second kappa shape index (κ2) is 11.4. The number of aryl methyl sites for hydroxylation is 1. The van der Waals surface area contributed by atoms with Gasteiger partial charge in [-0.3, -0.25) is 0 Å². The summed E-state index contributed by atoms with van der Waals surface area (Å²) in [6, 6.07) is 11.7. The minimum Gasteiger partial charge on any atom is -0.209 e. The van der Waals surface area contributed by atoms with Crippen LogP contribution in [0.5, 0.6) is 0 Å². The smallest absolute Gasteiger partial charge is 0.161 e. The van der Waals surface area contributed by atoms with Crippen molar-refractivity contribution in [1.29, 1.82) is 0 Å². The Labute approximate surface area is 166 Å². The summed E-state index contributed by atoms with van der Waals surface area (Å²) in [5, 5.41) is 0. The SMILES string of the molecule is CCCCCc1ccc(C#Cc2ccc(/C(F)=C(\F)CCCC)cc2F)cc1. The predicted octanol–water partition coefficient (Wildman–Crippen LogP) is 7.76. The lowest BCUT2D eigenvalue weighted by Gasteiger charge is -2.03. The molecule has 0 aromatic heterocycles. The van der Waals surface area contributed by atoms with Crippen molar-refractivity contribution in [2.45, 2.75) is 58.8 Å². The molecule has 2 aromatic rings.